The monoisotopic (exact) mass is 291 g/mol. The molecule has 3 aromatic carbocycles. The summed E-state index contributed by atoms with van der Waals surface area (Å²) in [6.07, 6.45) is 0.979. The second-order valence-corrected chi connectivity index (χ2v) is 5.46. The van der Waals surface area contributed by atoms with Crippen LogP contribution in [0.1, 0.15) is 30.5 Å². The third-order valence-corrected chi connectivity index (χ3v) is 3.89. The molecular weight excluding hydrogens is 270 g/mol. The predicted molar refractivity (Wildman–Crippen MR) is 91.3 cm³/mol. The van der Waals surface area contributed by atoms with E-state index in [1.165, 1.54) is 21.9 Å². The van der Waals surface area contributed by atoms with E-state index < -0.39 is 0 Å². The maximum atomic E-state index is 5.69. The van der Waals surface area contributed by atoms with Crippen molar-refractivity contribution in [3.8, 4) is 0 Å². The van der Waals surface area contributed by atoms with Crippen molar-refractivity contribution in [1.29, 1.82) is 0 Å². The molecule has 0 saturated heterocycles. The quantitative estimate of drug-likeness (QED) is 0.644. The van der Waals surface area contributed by atoms with Gasteiger partial charge in [0.05, 0.1) is 12.6 Å². The maximum Gasteiger partial charge on any atom is 0.0933 e. The molecule has 3 rings (SSSR count). The Kier molecular flexibility index (Phi) is 4.84. The van der Waals surface area contributed by atoms with Crippen molar-refractivity contribution in [2.45, 2.75) is 26.0 Å². The van der Waals surface area contributed by atoms with Gasteiger partial charge in [-0.2, -0.15) is 5.48 Å². The first kappa shape index (κ1) is 14.8. The summed E-state index contributed by atoms with van der Waals surface area (Å²) < 4.78 is 0. The molecule has 1 atom stereocenters. The summed E-state index contributed by atoms with van der Waals surface area (Å²) in [7, 11) is 0. The van der Waals surface area contributed by atoms with Crippen molar-refractivity contribution >= 4 is 10.8 Å². The number of hydrogen-bond donors (Lipinski definition) is 1. The molecule has 0 heterocycles. The molecule has 1 N–H and O–H groups in total. The smallest absolute Gasteiger partial charge is 0.0933 e. The van der Waals surface area contributed by atoms with Crippen LogP contribution < -0.4 is 5.48 Å². The summed E-state index contributed by atoms with van der Waals surface area (Å²) in [5, 5.41) is 2.54. The van der Waals surface area contributed by atoms with Gasteiger partial charge in [-0.15, -0.1) is 0 Å². The largest absolute Gasteiger partial charge is 0.296 e. The van der Waals surface area contributed by atoms with Crippen LogP contribution >= 0.6 is 0 Å². The van der Waals surface area contributed by atoms with Gasteiger partial charge >= 0.3 is 0 Å². The zero-order chi connectivity index (χ0) is 15.2. The standard InChI is InChI=1S/C20H21NO/c1-2-20(21-22-15-16-8-4-3-5-9-16)19-13-12-17-10-6-7-11-18(17)14-19/h3-14,20-21H,2,15H2,1H3. The van der Waals surface area contributed by atoms with Crippen molar-refractivity contribution < 1.29 is 4.84 Å². The van der Waals surface area contributed by atoms with Crippen LogP contribution in [0.5, 0.6) is 0 Å². The second-order valence-electron chi connectivity index (χ2n) is 5.46. The minimum Gasteiger partial charge on any atom is -0.296 e. The molecule has 0 radical (unpaired) electrons. The zero-order valence-electron chi connectivity index (χ0n) is 12.8. The van der Waals surface area contributed by atoms with E-state index >= 15 is 0 Å². The molecule has 22 heavy (non-hydrogen) atoms. The fraction of sp³-hybridized carbons (Fsp3) is 0.200. The van der Waals surface area contributed by atoms with Gasteiger partial charge in [-0.3, -0.25) is 4.84 Å². The van der Waals surface area contributed by atoms with Crippen molar-refractivity contribution in [3.63, 3.8) is 0 Å². The van der Waals surface area contributed by atoms with Crippen molar-refractivity contribution in [1.82, 2.24) is 5.48 Å². The van der Waals surface area contributed by atoms with E-state index in [4.69, 9.17) is 4.84 Å². The summed E-state index contributed by atoms with van der Waals surface area (Å²) in [4.78, 5) is 5.69. The van der Waals surface area contributed by atoms with Crippen molar-refractivity contribution in [2.75, 3.05) is 0 Å². The first-order valence-corrected chi connectivity index (χ1v) is 7.77. The summed E-state index contributed by atoms with van der Waals surface area (Å²) >= 11 is 0. The lowest BCUT2D eigenvalue weighted by Gasteiger charge is -2.18. The van der Waals surface area contributed by atoms with Crippen molar-refractivity contribution in [2.24, 2.45) is 0 Å². The van der Waals surface area contributed by atoms with Crippen LogP contribution in [0.15, 0.2) is 72.8 Å². The first-order chi connectivity index (χ1) is 10.9. The predicted octanol–water partition coefficient (Wildman–Crippen LogP) is 5.01. The number of fused-ring (bicyclic) bond motifs is 1. The zero-order valence-corrected chi connectivity index (χ0v) is 12.8. The van der Waals surface area contributed by atoms with Crippen LogP contribution in [0.4, 0.5) is 0 Å². The third kappa shape index (κ3) is 3.53. The van der Waals surface area contributed by atoms with E-state index in [0.29, 0.717) is 6.61 Å². The van der Waals surface area contributed by atoms with Crippen molar-refractivity contribution in [3.05, 3.63) is 83.9 Å². The maximum absolute atomic E-state index is 5.69. The van der Waals surface area contributed by atoms with Crippen LogP contribution in [-0.2, 0) is 11.4 Å². The molecule has 0 aliphatic rings. The molecule has 0 aliphatic carbocycles. The van der Waals surface area contributed by atoms with E-state index in [2.05, 4.69) is 67.0 Å². The lowest BCUT2D eigenvalue weighted by Crippen LogP contribution is -2.21. The Bertz CT molecular complexity index is 724. The number of nitrogens with one attached hydrogen (secondary N) is 1. The van der Waals surface area contributed by atoms with Gasteiger partial charge in [0, 0.05) is 0 Å². The third-order valence-electron chi connectivity index (χ3n) is 3.89. The number of rotatable bonds is 6. The lowest BCUT2D eigenvalue weighted by molar-refractivity contribution is 0.00206. The molecule has 0 aromatic heterocycles. The van der Waals surface area contributed by atoms with Gasteiger partial charge in [0.2, 0.25) is 0 Å². The number of benzene rings is 3. The van der Waals surface area contributed by atoms with Crippen LogP contribution in [0.3, 0.4) is 0 Å². The van der Waals surface area contributed by atoms with Crippen LogP contribution in [0, 0.1) is 0 Å². The molecule has 3 aromatic rings. The second kappa shape index (κ2) is 7.21. The van der Waals surface area contributed by atoms with E-state index in [9.17, 15) is 0 Å². The SMILES string of the molecule is CCC(NOCc1ccccc1)c1ccc2ccccc2c1. The Labute approximate surface area is 131 Å². The highest BCUT2D eigenvalue weighted by Crippen LogP contribution is 2.22. The minimum atomic E-state index is 0.202. The highest BCUT2D eigenvalue weighted by atomic mass is 16.6. The van der Waals surface area contributed by atoms with Crippen LogP contribution in [0.2, 0.25) is 0 Å². The molecule has 0 aliphatic heterocycles. The summed E-state index contributed by atoms with van der Waals surface area (Å²) in [5.74, 6) is 0. The molecule has 2 nitrogen and oxygen atoms in total. The fourth-order valence-corrected chi connectivity index (χ4v) is 2.61. The molecule has 0 fully saturated rings. The molecular formula is C20H21NO. The van der Waals surface area contributed by atoms with E-state index in [1.54, 1.807) is 0 Å². The van der Waals surface area contributed by atoms with Crippen LogP contribution in [0.25, 0.3) is 10.8 Å². The molecule has 2 heteroatoms. The average molecular weight is 291 g/mol. The van der Waals surface area contributed by atoms with E-state index in [0.717, 1.165) is 6.42 Å². The molecule has 0 saturated carbocycles. The highest BCUT2D eigenvalue weighted by molar-refractivity contribution is 5.83. The van der Waals surface area contributed by atoms with Gasteiger partial charge in [-0.1, -0.05) is 73.7 Å². The lowest BCUT2D eigenvalue weighted by atomic mass is 10.0. The van der Waals surface area contributed by atoms with E-state index in [1.807, 2.05) is 18.2 Å². The minimum absolute atomic E-state index is 0.202. The summed E-state index contributed by atoms with van der Waals surface area (Å²) in [5.41, 5.74) is 5.63. The highest BCUT2D eigenvalue weighted by Gasteiger charge is 2.09. The van der Waals surface area contributed by atoms with Gasteiger partial charge < -0.3 is 0 Å². The molecule has 0 spiro atoms. The Morgan fingerprint density at radius 3 is 2.36 bits per heavy atom. The topological polar surface area (TPSA) is 21.3 Å². The fourth-order valence-electron chi connectivity index (χ4n) is 2.61. The Balaban J connectivity index is 1.67. The van der Waals surface area contributed by atoms with Gasteiger partial charge in [0.25, 0.3) is 0 Å². The number of hydrogen-bond acceptors (Lipinski definition) is 2. The normalized spacial score (nSPS) is 12.4. The van der Waals surface area contributed by atoms with Crippen LogP contribution in [-0.4, -0.2) is 0 Å². The van der Waals surface area contributed by atoms with Gasteiger partial charge in [-0.05, 0) is 34.4 Å². The molecule has 0 bridgehead atoms. The van der Waals surface area contributed by atoms with Gasteiger partial charge in [0.15, 0.2) is 0 Å². The molecule has 1 unspecified atom stereocenters. The van der Waals surface area contributed by atoms with Gasteiger partial charge in [-0.25, -0.2) is 0 Å². The molecule has 112 valence electrons. The molecule has 0 amide bonds. The Morgan fingerprint density at radius 1 is 0.864 bits per heavy atom. The Morgan fingerprint density at radius 2 is 1.59 bits per heavy atom. The van der Waals surface area contributed by atoms with Gasteiger partial charge in [0.1, 0.15) is 0 Å². The summed E-state index contributed by atoms with van der Waals surface area (Å²) in [6.45, 7) is 2.74. The average Bonchev–Trinajstić information content (AvgIpc) is 2.59. The number of hydroxylamine groups is 1. The van der Waals surface area contributed by atoms with E-state index in [-0.39, 0.29) is 6.04 Å². The Hall–Kier alpha value is -2.16. The first-order valence-electron chi connectivity index (χ1n) is 7.77. The summed E-state index contributed by atoms with van der Waals surface area (Å²) in [6, 6.07) is 25.4.